The molecule has 8 heteroatoms. The first-order valence-electron chi connectivity index (χ1n) is 9.58. The van der Waals surface area contributed by atoms with Crippen molar-refractivity contribution in [2.75, 3.05) is 4.90 Å². The summed E-state index contributed by atoms with van der Waals surface area (Å²) in [5.41, 5.74) is 6.45. The number of benzene rings is 1. The molecular weight excluding hydrogens is 401 g/mol. The van der Waals surface area contributed by atoms with Gasteiger partial charge in [0.15, 0.2) is 11.3 Å². The maximum atomic E-state index is 14.7. The van der Waals surface area contributed by atoms with E-state index in [1.165, 1.54) is 6.07 Å². The van der Waals surface area contributed by atoms with E-state index in [1.54, 1.807) is 0 Å². The molecule has 1 fully saturated rings. The lowest BCUT2D eigenvalue weighted by Crippen LogP contribution is -2.48. The van der Waals surface area contributed by atoms with E-state index in [0.717, 1.165) is 61.5 Å². The molecule has 1 aromatic carbocycles. The third-order valence-electron chi connectivity index (χ3n) is 5.23. The highest BCUT2D eigenvalue weighted by Crippen LogP contribution is 2.36. The summed E-state index contributed by atoms with van der Waals surface area (Å²) < 4.78 is 20.7. The van der Waals surface area contributed by atoms with Crippen molar-refractivity contribution in [2.45, 2.75) is 63.7 Å². The van der Waals surface area contributed by atoms with Gasteiger partial charge in [0.1, 0.15) is 11.6 Å². The summed E-state index contributed by atoms with van der Waals surface area (Å²) in [5.74, 6) is -0.372. The van der Waals surface area contributed by atoms with Gasteiger partial charge in [-0.25, -0.2) is 4.39 Å². The van der Waals surface area contributed by atoms with Crippen LogP contribution in [0.3, 0.4) is 0 Å². The third-order valence-corrected chi connectivity index (χ3v) is 5.73. The number of hydrogen-bond acceptors (Lipinski definition) is 4. The number of nitrogens with zero attached hydrogens (tertiary/aromatic N) is 1. The molecular formula is C20H25ClFN3O2S. The average molecular weight is 426 g/mol. The van der Waals surface area contributed by atoms with Gasteiger partial charge in [0.2, 0.25) is 0 Å². The smallest absolute Gasteiger partial charge is 0.176 e. The molecule has 5 nitrogen and oxygen atoms in total. The van der Waals surface area contributed by atoms with Crippen molar-refractivity contribution >= 4 is 40.3 Å². The third kappa shape index (κ3) is 4.64. The van der Waals surface area contributed by atoms with Crippen LogP contribution in [0.4, 0.5) is 10.1 Å². The number of thiocarbonyl (C=S) groups is 1. The zero-order valence-corrected chi connectivity index (χ0v) is 17.2. The number of nitrogens with two attached hydrogens (primary N) is 1. The summed E-state index contributed by atoms with van der Waals surface area (Å²) in [4.78, 5) is 1.04. The summed E-state index contributed by atoms with van der Waals surface area (Å²) >= 11 is 11.2. The van der Waals surface area contributed by atoms with Crippen LogP contribution in [0.2, 0.25) is 5.02 Å². The molecule has 0 spiro atoms. The molecule has 0 amide bonds. The quantitative estimate of drug-likeness (QED) is 0.350. The average Bonchev–Trinajstić information content (AvgIpc) is 3.18. The van der Waals surface area contributed by atoms with Crippen LogP contribution in [0.15, 0.2) is 23.8 Å². The number of halogens is 2. The van der Waals surface area contributed by atoms with Crippen LogP contribution in [0.1, 0.15) is 51.4 Å². The van der Waals surface area contributed by atoms with Gasteiger partial charge in [-0.15, -0.1) is 0 Å². The molecule has 28 heavy (non-hydrogen) atoms. The lowest BCUT2D eigenvalue weighted by Gasteiger charge is -2.31. The highest BCUT2D eigenvalue weighted by Gasteiger charge is 2.29. The van der Waals surface area contributed by atoms with Gasteiger partial charge in [-0.2, -0.15) is 0 Å². The van der Waals surface area contributed by atoms with Crippen molar-refractivity contribution < 1.29 is 14.2 Å². The van der Waals surface area contributed by atoms with Crippen LogP contribution in [0.5, 0.6) is 5.75 Å². The van der Waals surface area contributed by atoms with E-state index < -0.39 is 12.0 Å². The molecule has 0 bridgehead atoms. The topological polar surface area (TPSA) is 82.6 Å². The molecule has 152 valence electrons. The van der Waals surface area contributed by atoms with Crippen LogP contribution in [-0.2, 0) is 0 Å². The molecule has 2 aliphatic carbocycles. The van der Waals surface area contributed by atoms with Crippen molar-refractivity contribution in [2.24, 2.45) is 5.73 Å². The van der Waals surface area contributed by atoms with Crippen LogP contribution >= 0.6 is 23.8 Å². The number of aliphatic hydroxyl groups is 1. The highest BCUT2D eigenvalue weighted by atomic mass is 35.5. The SMILES string of the molecule is N=C(C1=CCCCC1)C(O)N(C(N)=S)c1cc(OC2CCCC2)c(Cl)cc1F. The summed E-state index contributed by atoms with van der Waals surface area (Å²) in [6.07, 6.45) is 8.03. The minimum Gasteiger partial charge on any atom is -0.489 e. The number of aliphatic hydroxyl groups excluding tert-OH is 1. The zero-order chi connectivity index (χ0) is 20.3. The van der Waals surface area contributed by atoms with Gasteiger partial charge in [-0.05, 0) is 75.2 Å². The van der Waals surface area contributed by atoms with Crippen LogP contribution < -0.4 is 15.4 Å². The van der Waals surface area contributed by atoms with E-state index in [0.29, 0.717) is 12.2 Å². The van der Waals surface area contributed by atoms with Gasteiger partial charge in [0.25, 0.3) is 0 Å². The molecule has 1 aromatic rings. The van der Waals surface area contributed by atoms with Gasteiger partial charge >= 0.3 is 0 Å². The summed E-state index contributed by atoms with van der Waals surface area (Å²) in [6.45, 7) is 0. The second-order valence-corrected chi connectivity index (χ2v) is 8.05. The molecule has 1 unspecified atom stereocenters. The largest absolute Gasteiger partial charge is 0.489 e. The van der Waals surface area contributed by atoms with Crippen molar-refractivity contribution in [1.82, 2.24) is 0 Å². The lowest BCUT2D eigenvalue weighted by molar-refractivity contribution is 0.209. The Morgan fingerprint density at radius 3 is 2.64 bits per heavy atom. The predicted molar refractivity (Wildman–Crippen MR) is 114 cm³/mol. The summed E-state index contributed by atoms with van der Waals surface area (Å²) in [5, 5.41) is 19.0. The maximum absolute atomic E-state index is 14.7. The number of allylic oxidation sites excluding steroid dienone is 1. The molecule has 0 radical (unpaired) electrons. The zero-order valence-electron chi connectivity index (χ0n) is 15.6. The molecule has 3 rings (SSSR count). The van der Waals surface area contributed by atoms with E-state index in [2.05, 4.69) is 0 Å². The first-order chi connectivity index (χ1) is 13.4. The molecule has 1 saturated carbocycles. The first-order valence-corrected chi connectivity index (χ1v) is 10.4. The summed E-state index contributed by atoms with van der Waals surface area (Å²) in [6, 6.07) is 2.53. The fourth-order valence-corrected chi connectivity index (χ4v) is 4.12. The van der Waals surface area contributed by atoms with E-state index in [1.807, 2.05) is 6.08 Å². The van der Waals surface area contributed by atoms with Crippen LogP contribution in [0.25, 0.3) is 0 Å². The minimum atomic E-state index is -1.49. The summed E-state index contributed by atoms with van der Waals surface area (Å²) in [7, 11) is 0. The second kappa shape index (κ2) is 9.20. The molecule has 0 aliphatic heterocycles. The van der Waals surface area contributed by atoms with Gasteiger partial charge < -0.3 is 21.0 Å². The second-order valence-electron chi connectivity index (χ2n) is 7.23. The van der Waals surface area contributed by atoms with Crippen molar-refractivity contribution in [1.29, 1.82) is 5.41 Å². The maximum Gasteiger partial charge on any atom is 0.176 e. The fourth-order valence-electron chi connectivity index (χ4n) is 3.73. The normalized spacial score (nSPS) is 18.5. The Hall–Kier alpha value is -1.70. The van der Waals surface area contributed by atoms with E-state index in [9.17, 15) is 9.50 Å². The van der Waals surface area contributed by atoms with Crippen LogP contribution in [0, 0.1) is 11.2 Å². The van der Waals surface area contributed by atoms with Gasteiger partial charge in [0.05, 0.1) is 22.5 Å². The molecule has 0 heterocycles. The number of rotatable bonds is 6. The first kappa shape index (κ1) is 21.0. The van der Waals surface area contributed by atoms with E-state index >= 15 is 0 Å². The van der Waals surface area contributed by atoms with Crippen molar-refractivity contribution in [3.05, 3.63) is 34.6 Å². The Kier molecular flexibility index (Phi) is 6.91. The molecule has 2 aliphatic rings. The molecule has 0 aromatic heterocycles. The number of hydrogen-bond donors (Lipinski definition) is 3. The predicted octanol–water partition coefficient (Wildman–Crippen LogP) is 4.69. The van der Waals surface area contributed by atoms with Crippen LogP contribution in [-0.4, -0.2) is 28.3 Å². The number of nitrogens with one attached hydrogen (secondary N) is 1. The standard InChI is InChI=1S/C20H25ClFN3O2S/c21-14-10-15(22)16(11-17(14)27-13-8-4-5-9-13)25(20(24)28)19(26)18(23)12-6-2-1-3-7-12/h6,10-11,13,19,23,26H,1-5,7-9H2,(H2,24,28). The monoisotopic (exact) mass is 425 g/mol. The van der Waals surface area contributed by atoms with Crippen molar-refractivity contribution in [3.8, 4) is 5.75 Å². The Morgan fingerprint density at radius 1 is 1.32 bits per heavy atom. The Labute approximate surface area is 174 Å². The Morgan fingerprint density at radius 2 is 2.04 bits per heavy atom. The molecule has 4 N–H and O–H groups in total. The Balaban J connectivity index is 1.91. The van der Waals surface area contributed by atoms with Crippen molar-refractivity contribution in [3.63, 3.8) is 0 Å². The van der Waals surface area contributed by atoms with Gasteiger partial charge in [-0.1, -0.05) is 17.7 Å². The fraction of sp³-hybridized carbons (Fsp3) is 0.500. The Bertz CT molecular complexity index is 796. The van der Waals surface area contributed by atoms with Gasteiger partial charge in [0, 0.05) is 6.07 Å². The lowest BCUT2D eigenvalue weighted by atomic mass is 9.95. The minimum absolute atomic E-state index is 0.0277. The highest BCUT2D eigenvalue weighted by molar-refractivity contribution is 7.80. The molecule has 0 saturated heterocycles. The van der Waals surface area contributed by atoms with Gasteiger partial charge in [-0.3, -0.25) is 4.90 Å². The molecule has 1 atom stereocenters. The number of ether oxygens (including phenoxy) is 1. The number of anilines is 1. The van der Waals surface area contributed by atoms with E-state index in [-0.39, 0.29) is 27.6 Å². The van der Waals surface area contributed by atoms with E-state index in [4.69, 9.17) is 39.7 Å².